The minimum absolute atomic E-state index is 0.0360. The number of aromatic nitrogens is 1. The monoisotopic (exact) mass is 310 g/mol. The summed E-state index contributed by atoms with van der Waals surface area (Å²) < 4.78 is 5.39. The molecule has 7 heteroatoms. The standard InChI is InChI=1S/C14H22N4O2S/c1-10(15)13-16-12(9-21-13)14(19)18-3-2-11(8-18)17-4-6-20-7-5-17/h9-11H,2-8,15H2,1H3. The second kappa shape index (κ2) is 6.39. The van der Waals surface area contributed by atoms with Gasteiger partial charge in [0.05, 0.1) is 19.3 Å². The Morgan fingerprint density at radius 2 is 2.24 bits per heavy atom. The maximum atomic E-state index is 12.5. The first kappa shape index (κ1) is 14.9. The SMILES string of the molecule is CC(N)c1nc(C(=O)N2CCC(N3CCOCC3)C2)cs1. The van der Waals surface area contributed by atoms with Crippen molar-refractivity contribution in [3.63, 3.8) is 0 Å². The van der Waals surface area contributed by atoms with Crippen molar-refractivity contribution < 1.29 is 9.53 Å². The van der Waals surface area contributed by atoms with Gasteiger partial charge in [0.15, 0.2) is 0 Å². The number of hydrogen-bond acceptors (Lipinski definition) is 6. The summed E-state index contributed by atoms with van der Waals surface area (Å²) in [7, 11) is 0. The third-order valence-corrected chi connectivity index (χ3v) is 5.19. The van der Waals surface area contributed by atoms with E-state index in [1.54, 1.807) is 0 Å². The number of rotatable bonds is 3. The number of carbonyl (C=O) groups is 1. The number of amides is 1. The highest BCUT2D eigenvalue weighted by atomic mass is 32.1. The number of nitrogens with two attached hydrogens (primary N) is 1. The average Bonchev–Trinajstić information content (AvgIpc) is 3.17. The molecule has 0 radical (unpaired) electrons. The molecule has 3 heterocycles. The minimum atomic E-state index is -0.115. The first-order valence-corrected chi connectivity index (χ1v) is 8.35. The predicted octanol–water partition coefficient (Wildman–Crippen LogP) is 0.709. The third kappa shape index (κ3) is 3.26. The van der Waals surface area contributed by atoms with E-state index in [0.29, 0.717) is 11.7 Å². The van der Waals surface area contributed by atoms with E-state index >= 15 is 0 Å². The van der Waals surface area contributed by atoms with Crippen molar-refractivity contribution in [1.29, 1.82) is 0 Å². The van der Waals surface area contributed by atoms with Crippen molar-refractivity contribution in [3.8, 4) is 0 Å². The molecule has 0 spiro atoms. The van der Waals surface area contributed by atoms with Gasteiger partial charge in [0, 0.05) is 37.6 Å². The Kier molecular flexibility index (Phi) is 4.54. The molecule has 116 valence electrons. The Morgan fingerprint density at radius 1 is 1.48 bits per heavy atom. The normalized spacial score (nSPS) is 25.2. The highest BCUT2D eigenvalue weighted by molar-refractivity contribution is 7.09. The number of nitrogens with zero attached hydrogens (tertiary/aromatic N) is 3. The van der Waals surface area contributed by atoms with E-state index in [0.717, 1.165) is 50.8 Å². The van der Waals surface area contributed by atoms with Crippen molar-refractivity contribution in [2.75, 3.05) is 39.4 Å². The molecule has 3 rings (SSSR count). The van der Waals surface area contributed by atoms with E-state index in [4.69, 9.17) is 10.5 Å². The van der Waals surface area contributed by atoms with Gasteiger partial charge in [0.2, 0.25) is 0 Å². The van der Waals surface area contributed by atoms with Crippen LogP contribution in [0, 0.1) is 0 Å². The number of morpholine rings is 1. The molecule has 21 heavy (non-hydrogen) atoms. The molecule has 0 saturated carbocycles. The van der Waals surface area contributed by atoms with E-state index in [2.05, 4.69) is 9.88 Å². The molecule has 2 N–H and O–H groups in total. The van der Waals surface area contributed by atoms with Crippen LogP contribution in [0.3, 0.4) is 0 Å². The summed E-state index contributed by atoms with van der Waals surface area (Å²) in [5, 5.41) is 2.64. The maximum absolute atomic E-state index is 12.5. The number of thiazole rings is 1. The first-order valence-electron chi connectivity index (χ1n) is 7.47. The number of likely N-dealkylation sites (tertiary alicyclic amines) is 1. The van der Waals surface area contributed by atoms with Crippen molar-refractivity contribution in [1.82, 2.24) is 14.8 Å². The third-order valence-electron chi connectivity index (χ3n) is 4.14. The second-order valence-electron chi connectivity index (χ2n) is 5.70. The lowest BCUT2D eigenvalue weighted by atomic mass is 10.2. The zero-order chi connectivity index (χ0) is 14.8. The van der Waals surface area contributed by atoms with E-state index in [-0.39, 0.29) is 11.9 Å². The first-order chi connectivity index (χ1) is 10.1. The van der Waals surface area contributed by atoms with Gasteiger partial charge >= 0.3 is 0 Å². The van der Waals surface area contributed by atoms with Crippen LogP contribution in [-0.2, 0) is 4.74 Å². The molecule has 2 atom stereocenters. The van der Waals surface area contributed by atoms with Crippen LogP contribution in [0.1, 0.15) is 34.9 Å². The van der Waals surface area contributed by atoms with Crippen LogP contribution < -0.4 is 5.73 Å². The molecular formula is C14H22N4O2S. The van der Waals surface area contributed by atoms with Crippen molar-refractivity contribution in [2.24, 2.45) is 5.73 Å². The number of hydrogen-bond donors (Lipinski definition) is 1. The van der Waals surface area contributed by atoms with Gasteiger partial charge in [0.25, 0.3) is 5.91 Å². The summed E-state index contributed by atoms with van der Waals surface area (Å²) in [6.45, 7) is 7.03. The van der Waals surface area contributed by atoms with Gasteiger partial charge in [-0.15, -0.1) is 11.3 Å². The van der Waals surface area contributed by atoms with Crippen molar-refractivity contribution >= 4 is 17.2 Å². The summed E-state index contributed by atoms with van der Waals surface area (Å²) in [5.41, 5.74) is 6.34. The Balaban J connectivity index is 1.60. The Labute approximate surface area is 128 Å². The lowest BCUT2D eigenvalue weighted by Crippen LogP contribution is -2.45. The molecule has 0 bridgehead atoms. The van der Waals surface area contributed by atoms with Crippen molar-refractivity contribution in [3.05, 3.63) is 16.1 Å². The van der Waals surface area contributed by atoms with Crippen LogP contribution in [0.25, 0.3) is 0 Å². The highest BCUT2D eigenvalue weighted by Crippen LogP contribution is 2.21. The van der Waals surface area contributed by atoms with Gasteiger partial charge in [-0.1, -0.05) is 0 Å². The van der Waals surface area contributed by atoms with Crippen LogP contribution in [0.4, 0.5) is 0 Å². The van der Waals surface area contributed by atoms with E-state index in [1.165, 1.54) is 11.3 Å². The molecule has 6 nitrogen and oxygen atoms in total. The molecular weight excluding hydrogens is 288 g/mol. The van der Waals surface area contributed by atoms with E-state index in [9.17, 15) is 4.79 Å². The molecule has 2 saturated heterocycles. The fourth-order valence-electron chi connectivity index (χ4n) is 2.92. The highest BCUT2D eigenvalue weighted by Gasteiger charge is 2.32. The fraction of sp³-hybridized carbons (Fsp3) is 0.714. The number of ether oxygens (including phenoxy) is 1. The van der Waals surface area contributed by atoms with Gasteiger partial charge in [0.1, 0.15) is 10.7 Å². The van der Waals surface area contributed by atoms with Gasteiger partial charge in [-0.05, 0) is 13.3 Å². The van der Waals surface area contributed by atoms with E-state index in [1.807, 2.05) is 17.2 Å². The quantitative estimate of drug-likeness (QED) is 0.890. The molecule has 1 aromatic heterocycles. The molecule has 2 aliphatic rings. The van der Waals surface area contributed by atoms with Crippen LogP contribution in [0.15, 0.2) is 5.38 Å². The lowest BCUT2D eigenvalue weighted by Gasteiger charge is -2.31. The zero-order valence-electron chi connectivity index (χ0n) is 12.3. The summed E-state index contributed by atoms with van der Waals surface area (Å²) >= 11 is 1.46. The molecule has 1 aromatic rings. The number of carbonyl (C=O) groups excluding carboxylic acids is 1. The van der Waals surface area contributed by atoms with Gasteiger partial charge in [-0.3, -0.25) is 9.69 Å². The second-order valence-corrected chi connectivity index (χ2v) is 6.59. The summed E-state index contributed by atoms with van der Waals surface area (Å²) in [4.78, 5) is 21.2. The van der Waals surface area contributed by atoms with Crippen molar-refractivity contribution in [2.45, 2.75) is 25.4 Å². The lowest BCUT2D eigenvalue weighted by molar-refractivity contribution is 0.0185. The molecule has 0 aliphatic carbocycles. The average molecular weight is 310 g/mol. The molecule has 2 fully saturated rings. The molecule has 2 unspecified atom stereocenters. The van der Waals surface area contributed by atoms with Gasteiger partial charge in [-0.25, -0.2) is 4.98 Å². The summed E-state index contributed by atoms with van der Waals surface area (Å²) in [6, 6.07) is 0.348. The minimum Gasteiger partial charge on any atom is -0.379 e. The Hall–Kier alpha value is -1.02. The van der Waals surface area contributed by atoms with Crippen LogP contribution in [0.5, 0.6) is 0 Å². The van der Waals surface area contributed by atoms with Gasteiger partial charge < -0.3 is 15.4 Å². The van der Waals surface area contributed by atoms with Crippen LogP contribution in [0.2, 0.25) is 0 Å². The molecule has 0 aromatic carbocycles. The summed E-state index contributed by atoms with van der Waals surface area (Å²) in [6.07, 6.45) is 1.04. The van der Waals surface area contributed by atoms with E-state index < -0.39 is 0 Å². The summed E-state index contributed by atoms with van der Waals surface area (Å²) in [5.74, 6) is 0.0360. The fourth-order valence-corrected chi connectivity index (χ4v) is 3.68. The van der Waals surface area contributed by atoms with Crippen LogP contribution in [-0.4, -0.2) is 66.1 Å². The zero-order valence-corrected chi connectivity index (χ0v) is 13.1. The molecule has 2 aliphatic heterocycles. The Morgan fingerprint density at radius 3 is 2.90 bits per heavy atom. The molecule has 1 amide bonds. The Bertz CT molecular complexity index is 499. The van der Waals surface area contributed by atoms with Gasteiger partial charge in [-0.2, -0.15) is 0 Å². The predicted molar refractivity (Wildman–Crippen MR) is 81.4 cm³/mol. The smallest absolute Gasteiger partial charge is 0.273 e. The largest absolute Gasteiger partial charge is 0.379 e. The van der Waals surface area contributed by atoms with Crippen LogP contribution >= 0.6 is 11.3 Å². The topological polar surface area (TPSA) is 71.7 Å². The maximum Gasteiger partial charge on any atom is 0.273 e.